The standard InChI is InChI=1S/C10H10FNO3S/c1-7(15-16(2,13)14)8-3-4-9(6-12)10(11)5-8/h3-5,7H,1-2H3. The summed E-state index contributed by atoms with van der Waals surface area (Å²) in [5, 5.41) is 8.52. The fourth-order valence-electron chi connectivity index (χ4n) is 1.19. The van der Waals surface area contributed by atoms with E-state index in [4.69, 9.17) is 5.26 Å². The molecule has 1 atom stereocenters. The van der Waals surface area contributed by atoms with Gasteiger partial charge in [0.15, 0.2) is 0 Å². The second-order valence-electron chi connectivity index (χ2n) is 3.29. The molecule has 16 heavy (non-hydrogen) atoms. The second-order valence-corrected chi connectivity index (χ2v) is 4.89. The molecule has 4 nitrogen and oxygen atoms in total. The van der Waals surface area contributed by atoms with Crippen molar-refractivity contribution in [2.75, 3.05) is 6.26 Å². The van der Waals surface area contributed by atoms with Crippen molar-refractivity contribution in [2.45, 2.75) is 13.0 Å². The van der Waals surface area contributed by atoms with Crippen molar-refractivity contribution in [3.63, 3.8) is 0 Å². The van der Waals surface area contributed by atoms with Gasteiger partial charge in [-0.25, -0.2) is 4.39 Å². The van der Waals surface area contributed by atoms with Gasteiger partial charge in [0.1, 0.15) is 11.9 Å². The minimum absolute atomic E-state index is 0.0877. The van der Waals surface area contributed by atoms with Crippen molar-refractivity contribution in [1.82, 2.24) is 0 Å². The van der Waals surface area contributed by atoms with Crippen LogP contribution in [-0.2, 0) is 14.3 Å². The molecule has 0 aliphatic carbocycles. The van der Waals surface area contributed by atoms with Crippen LogP contribution in [0.4, 0.5) is 4.39 Å². The van der Waals surface area contributed by atoms with Gasteiger partial charge in [0.2, 0.25) is 0 Å². The maximum atomic E-state index is 13.2. The lowest BCUT2D eigenvalue weighted by atomic mass is 10.1. The predicted molar refractivity (Wildman–Crippen MR) is 55.5 cm³/mol. The Balaban J connectivity index is 2.99. The molecule has 0 aliphatic heterocycles. The molecule has 0 saturated heterocycles. The Hall–Kier alpha value is -1.45. The number of rotatable bonds is 3. The summed E-state index contributed by atoms with van der Waals surface area (Å²) in [5.74, 6) is -0.691. The molecule has 1 rings (SSSR count). The van der Waals surface area contributed by atoms with E-state index in [0.29, 0.717) is 5.56 Å². The Morgan fingerprint density at radius 3 is 2.56 bits per heavy atom. The maximum Gasteiger partial charge on any atom is 0.264 e. The Kier molecular flexibility index (Phi) is 3.62. The van der Waals surface area contributed by atoms with Crippen LogP contribution in [0, 0.1) is 17.1 Å². The first-order valence-electron chi connectivity index (χ1n) is 4.41. The largest absolute Gasteiger partial charge is 0.264 e. The molecule has 1 unspecified atom stereocenters. The normalized spacial score (nSPS) is 13.1. The molecule has 0 aliphatic rings. The lowest BCUT2D eigenvalue weighted by molar-refractivity contribution is 0.236. The first-order valence-corrected chi connectivity index (χ1v) is 6.23. The summed E-state index contributed by atoms with van der Waals surface area (Å²) in [7, 11) is -3.59. The summed E-state index contributed by atoms with van der Waals surface area (Å²) in [6.07, 6.45) is 0.140. The molecular formula is C10H10FNO3S. The van der Waals surface area contributed by atoms with E-state index in [0.717, 1.165) is 12.3 Å². The molecule has 86 valence electrons. The number of benzene rings is 1. The third kappa shape index (κ3) is 3.29. The summed E-state index contributed by atoms with van der Waals surface area (Å²) in [4.78, 5) is 0. The summed E-state index contributed by atoms with van der Waals surface area (Å²) in [5.41, 5.74) is 0.275. The molecule has 0 radical (unpaired) electrons. The van der Waals surface area contributed by atoms with Crippen molar-refractivity contribution in [3.8, 4) is 6.07 Å². The van der Waals surface area contributed by atoms with E-state index in [1.165, 1.54) is 19.1 Å². The van der Waals surface area contributed by atoms with Crippen LogP contribution in [0.3, 0.4) is 0 Å². The number of halogens is 1. The molecule has 0 heterocycles. The minimum Gasteiger partial charge on any atom is -0.262 e. The topological polar surface area (TPSA) is 67.2 Å². The monoisotopic (exact) mass is 243 g/mol. The molecule has 6 heteroatoms. The molecular weight excluding hydrogens is 233 g/mol. The Morgan fingerprint density at radius 1 is 1.50 bits per heavy atom. The number of nitrogens with zero attached hydrogens (tertiary/aromatic N) is 1. The van der Waals surface area contributed by atoms with Gasteiger partial charge in [-0.2, -0.15) is 13.7 Å². The highest BCUT2D eigenvalue weighted by molar-refractivity contribution is 7.86. The molecule has 0 spiro atoms. The average molecular weight is 243 g/mol. The lowest BCUT2D eigenvalue weighted by Crippen LogP contribution is -2.07. The van der Waals surface area contributed by atoms with Gasteiger partial charge in [0, 0.05) is 0 Å². The molecule has 1 aromatic rings. The number of hydrogen-bond donors (Lipinski definition) is 0. The molecule has 0 amide bonds. The molecule has 0 bridgehead atoms. The lowest BCUT2D eigenvalue weighted by Gasteiger charge is -2.11. The number of hydrogen-bond acceptors (Lipinski definition) is 4. The van der Waals surface area contributed by atoms with E-state index < -0.39 is 22.0 Å². The third-order valence-corrected chi connectivity index (χ3v) is 2.54. The van der Waals surface area contributed by atoms with Crippen LogP contribution in [0.1, 0.15) is 24.2 Å². The fourth-order valence-corrected chi connectivity index (χ4v) is 1.83. The Morgan fingerprint density at radius 2 is 2.12 bits per heavy atom. The van der Waals surface area contributed by atoms with Gasteiger partial charge in [-0.3, -0.25) is 4.18 Å². The maximum absolute atomic E-state index is 13.2. The quantitative estimate of drug-likeness (QED) is 0.758. The van der Waals surface area contributed by atoms with Crippen molar-refractivity contribution in [2.24, 2.45) is 0 Å². The van der Waals surface area contributed by atoms with Gasteiger partial charge in [-0.1, -0.05) is 6.07 Å². The predicted octanol–water partition coefficient (Wildman–Crippen LogP) is 1.73. The van der Waals surface area contributed by atoms with Crippen molar-refractivity contribution in [1.29, 1.82) is 5.26 Å². The van der Waals surface area contributed by atoms with Crippen molar-refractivity contribution >= 4 is 10.1 Å². The molecule has 0 saturated carbocycles. The van der Waals surface area contributed by atoms with Gasteiger partial charge in [-0.05, 0) is 24.6 Å². The zero-order chi connectivity index (χ0) is 12.3. The zero-order valence-corrected chi connectivity index (χ0v) is 9.58. The van der Waals surface area contributed by atoms with Crippen LogP contribution in [0.2, 0.25) is 0 Å². The van der Waals surface area contributed by atoms with Crippen molar-refractivity contribution < 1.29 is 17.0 Å². The molecule has 0 fully saturated rings. The van der Waals surface area contributed by atoms with E-state index in [1.807, 2.05) is 0 Å². The highest BCUT2D eigenvalue weighted by Gasteiger charge is 2.14. The summed E-state index contributed by atoms with van der Waals surface area (Å²) < 4.78 is 39.6. The van der Waals surface area contributed by atoms with Gasteiger partial charge < -0.3 is 0 Å². The third-order valence-electron chi connectivity index (χ3n) is 1.90. The SMILES string of the molecule is CC(OS(C)(=O)=O)c1ccc(C#N)c(F)c1. The van der Waals surface area contributed by atoms with Crippen molar-refractivity contribution in [3.05, 3.63) is 35.1 Å². The van der Waals surface area contributed by atoms with Crippen LogP contribution in [0.15, 0.2) is 18.2 Å². The Bertz CT molecular complexity index is 533. The summed E-state index contributed by atoms with van der Waals surface area (Å²) >= 11 is 0. The molecule has 1 aromatic carbocycles. The Labute approximate surface area is 93.4 Å². The van der Waals surface area contributed by atoms with Gasteiger partial charge in [0.05, 0.1) is 17.9 Å². The zero-order valence-electron chi connectivity index (χ0n) is 8.77. The second kappa shape index (κ2) is 4.60. The molecule has 0 aromatic heterocycles. The first kappa shape index (κ1) is 12.6. The average Bonchev–Trinajstić information content (AvgIpc) is 2.15. The fraction of sp³-hybridized carbons (Fsp3) is 0.300. The van der Waals surface area contributed by atoms with Crippen LogP contribution in [-0.4, -0.2) is 14.7 Å². The van der Waals surface area contributed by atoms with E-state index in [2.05, 4.69) is 4.18 Å². The van der Waals surface area contributed by atoms with E-state index >= 15 is 0 Å². The smallest absolute Gasteiger partial charge is 0.262 e. The van der Waals surface area contributed by atoms with E-state index in [-0.39, 0.29) is 5.56 Å². The summed E-state index contributed by atoms with van der Waals surface area (Å²) in [6.45, 7) is 1.49. The van der Waals surface area contributed by atoms with Crippen LogP contribution in [0.5, 0.6) is 0 Å². The van der Waals surface area contributed by atoms with Crippen LogP contribution >= 0.6 is 0 Å². The highest BCUT2D eigenvalue weighted by atomic mass is 32.2. The summed E-state index contributed by atoms with van der Waals surface area (Å²) in [6, 6.07) is 5.51. The van der Waals surface area contributed by atoms with E-state index in [1.54, 1.807) is 6.07 Å². The van der Waals surface area contributed by atoms with Crippen LogP contribution in [0.25, 0.3) is 0 Å². The molecule has 0 N–H and O–H groups in total. The highest BCUT2D eigenvalue weighted by Crippen LogP contribution is 2.20. The van der Waals surface area contributed by atoms with Gasteiger partial charge in [-0.15, -0.1) is 0 Å². The number of nitriles is 1. The van der Waals surface area contributed by atoms with Gasteiger partial charge >= 0.3 is 0 Å². The first-order chi connectivity index (χ1) is 7.33. The minimum atomic E-state index is -3.59. The van der Waals surface area contributed by atoms with Crippen LogP contribution < -0.4 is 0 Å². The van der Waals surface area contributed by atoms with Gasteiger partial charge in [0.25, 0.3) is 10.1 Å². The van der Waals surface area contributed by atoms with E-state index in [9.17, 15) is 12.8 Å².